The van der Waals surface area contributed by atoms with Gasteiger partial charge in [-0.25, -0.2) is 12.8 Å². The quantitative estimate of drug-likeness (QED) is 0.845. The average Bonchev–Trinajstić information content (AvgIpc) is 2.64. The van der Waals surface area contributed by atoms with E-state index in [0.29, 0.717) is 18.7 Å². The SMILES string of the molecule is Cc1ccc(C(C(=O)O)N2CCN(S(=O)(=O)c3ccc(F)cc3)CC2)cc1. The van der Waals surface area contributed by atoms with Gasteiger partial charge in [0.1, 0.15) is 11.9 Å². The molecule has 0 saturated carbocycles. The number of aryl methyl sites for hydroxylation is 1. The van der Waals surface area contributed by atoms with E-state index in [4.69, 9.17) is 0 Å². The summed E-state index contributed by atoms with van der Waals surface area (Å²) >= 11 is 0. The Hall–Kier alpha value is -2.29. The summed E-state index contributed by atoms with van der Waals surface area (Å²) in [6, 6.07) is 11.2. The van der Waals surface area contributed by atoms with E-state index in [2.05, 4.69) is 0 Å². The summed E-state index contributed by atoms with van der Waals surface area (Å²) in [6.45, 7) is 2.87. The highest BCUT2D eigenvalue weighted by Crippen LogP contribution is 2.25. The molecule has 0 aromatic heterocycles. The Bertz CT molecular complexity index is 906. The molecule has 1 fully saturated rings. The zero-order chi connectivity index (χ0) is 19.6. The highest BCUT2D eigenvalue weighted by atomic mass is 32.2. The molecule has 0 amide bonds. The highest BCUT2D eigenvalue weighted by molar-refractivity contribution is 7.89. The zero-order valence-corrected chi connectivity index (χ0v) is 15.7. The molecule has 0 aliphatic carbocycles. The van der Waals surface area contributed by atoms with Crippen molar-refractivity contribution in [3.05, 3.63) is 65.5 Å². The van der Waals surface area contributed by atoms with Crippen molar-refractivity contribution in [2.45, 2.75) is 17.9 Å². The molecule has 144 valence electrons. The van der Waals surface area contributed by atoms with Gasteiger partial charge in [-0.15, -0.1) is 0 Å². The van der Waals surface area contributed by atoms with Crippen LogP contribution in [0.5, 0.6) is 0 Å². The van der Waals surface area contributed by atoms with E-state index in [9.17, 15) is 22.7 Å². The van der Waals surface area contributed by atoms with Gasteiger partial charge in [-0.3, -0.25) is 9.69 Å². The largest absolute Gasteiger partial charge is 0.480 e. The molecule has 27 heavy (non-hydrogen) atoms. The molecule has 2 aromatic carbocycles. The number of halogens is 1. The number of nitrogens with zero attached hydrogens (tertiary/aromatic N) is 2. The van der Waals surface area contributed by atoms with Crippen molar-refractivity contribution in [3.8, 4) is 0 Å². The number of aliphatic carboxylic acids is 1. The minimum absolute atomic E-state index is 0.0330. The number of benzene rings is 2. The number of carboxylic acid groups (broad SMARTS) is 1. The van der Waals surface area contributed by atoms with E-state index in [0.717, 1.165) is 17.7 Å². The lowest BCUT2D eigenvalue weighted by atomic mass is 10.0. The minimum Gasteiger partial charge on any atom is -0.480 e. The molecule has 2 aromatic rings. The molecule has 1 saturated heterocycles. The van der Waals surface area contributed by atoms with Crippen LogP contribution in [0.3, 0.4) is 0 Å². The standard InChI is InChI=1S/C19H21FN2O4S/c1-14-2-4-15(5-3-14)18(19(23)24)21-10-12-22(13-11-21)27(25,26)17-8-6-16(20)7-9-17/h2-9,18H,10-13H2,1H3,(H,23,24). The number of piperazine rings is 1. The Kier molecular flexibility index (Phi) is 5.59. The maximum Gasteiger partial charge on any atom is 0.325 e. The van der Waals surface area contributed by atoms with E-state index in [1.165, 1.54) is 16.4 Å². The van der Waals surface area contributed by atoms with Crippen LogP contribution in [-0.2, 0) is 14.8 Å². The van der Waals surface area contributed by atoms with E-state index < -0.39 is 27.9 Å². The molecule has 3 rings (SSSR count). The number of sulfonamides is 1. The van der Waals surface area contributed by atoms with Crippen LogP contribution in [0, 0.1) is 12.7 Å². The fraction of sp³-hybridized carbons (Fsp3) is 0.316. The fourth-order valence-corrected chi connectivity index (χ4v) is 4.64. The van der Waals surface area contributed by atoms with Crippen LogP contribution in [-0.4, -0.2) is 54.9 Å². The molecule has 8 heteroatoms. The van der Waals surface area contributed by atoms with Gasteiger partial charge in [-0.1, -0.05) is 29.8 Å². The Balaban J connectivity index is 1.74. The predicted molar refractivity (Wildman–Crippen MR) is 98.3 cm³/mol. The zero-order valence-electron chi connectivity index (χ0n) is 14.9. The van der Waals surface area contributed by atoms with Crippen molar-refractivity contribution in [3.63, 3.8) is 0 Å². The number of hydrogen-bond donors (Lipinski definition) is 1. The van der Waals surface area contributed by atoms with Crippen LogP contribution in [0.25, 0.3) is 0 Å². The topological polar surface area (TPSA) is 77.9 Å². The van der Waals surface area contributed by atoms with Crippen LogP contribution in [0.2, 0.25) is 0 Å². The second-order valence-corrected chi connectivity index (χ2v) is 8.48. The second-order valence-electron chi connectivity index (χ2n) is 6.55. The van der Waals surface area contributed by atoms with Gasteiger partial charge in [-0.05, 0) is 36.8 Å². The third-order valence-electron chi connectivity index (χ3n) is 4.72. The maximum absolute atomic E-state index is 13.0. The van der Waals surface area contributed by atoms with Gasteiger partial charge in [-0.2, -0.15) is 4.31 Å². The van der Waals surface area contributed by atoms with Crippen molar-refractivity contribution in [1.29, 1.82) is 0 Å². The summed E-state index contributed by atoms with van der Waals surface area (Å²) in [5.41, 5.74) is 1.71. The molecule has 1 unspecified atom stereocenters. The normalized spacial score (nSPS) is 17.6. The molecule has 0 bridgehead atoms. The van der Waals surface area contributed by atoms with Gasteiger partial charge in [0.15, 0.2) is 0 Å². The summed E-state index contributed by atoms with van der Waals surface area (Å²) < 4.78 is 39.7. The molecular formula is C19H21FN2O4S. The Morgan fingerprint density at radius 2 is 1.56 bits per heavy atom. The first-order valence-corrected chi connectivity index (χ1v) is 10.0. The molecule has 1 aliphatic heterocycles. The van der Waals surface area contributed by atoms with Gasteiger partial charge in [0, 0.05) is 26.2 Å². The average molecular weight is 392 g/mol. The van der Waals surface area contributed by atoms with Crippen LogP contribution in [0.4, 0.5) is 4.39 Å². The summed E-state index contributed by atoms with van der Waals surface area (Å²) in [5, 5.41) is 9.67. The van der Waals surface area contributed by atoms with Gasteiger partial charge >= 0.3 is 5.97 Å². The van der Waals surface area contributed by atoms with E-state index >= 15 is 0 Å². The van der Waals surface area contributed by atoms with Gasteiger partial charge in [0.25, 0.3) is 0 Å². The number of rotatable bonds is 5. The van der Waals surface area contributed by atoms with Crippen molar-refractivity contribution in [2.24, 2.45) is 0 Å². The second kappa shape index (κ2) is 7.75. The Labute approximate surface area is 157 Å². The van der Waals surface area contributed by atoms with Crippen LogP contribution in [0.1, 0.15) is 17.2 Å². The molecule has 1 aliphatic rings. The molecule has 1 atom stereocenters. The van der Waals surface area contributed by atoms with Gasteiger partial charge in [0.2, 0.25) is 10.0 Å². The molecule has 1 heterocycles. The fourth-order valence-electron chi connectivity index (χ4n) is 3.22. The first kappa shape index (κ1) is 19.5. The minimum atomic E-state index is -3.73. The first-order chi connectivity index (χ1) is 12.8. The lowest BCUT2D eigenvalue weighted by molar-refractivity contribution is -0.144. The maximum atomic E-state index is 13.0. The van der Waals surface area contributed by atoms with Crippen LogP contribution in [0.15, 0.2) is 53.4 Å². The lowest BCUT2D eigenvalue weighted by Crippen LogP contribution is -2.50. The van der Waals surface area contributed by atoms with Crippen LogP contribution < -0.4 is 0 Å². The number of carbonyl (C=O) groups is 1. The van der Waals surface area contributed by atoms with Crippen LogP contribution >= 0.6 is 0 Å². The van der Waals surface area contributed by atoms with Crippen molar-refractivity contribution in [1.82, 2.24) is 9.21 Å². The van der Waals surface area contributed by atoms with E-state index in [1.807, 2.05) is 19.1 Å². The first-order valence-electron chi connectivity index (χ1n) is 8.58. The summed E-state index contributed by atoms with van der Waals surface area (Å²) in [4.78, 5) is 13.6. The molecule has 1 N–H and O–H groups in total. The third kappa shape index (κ3) is 4.18. The molecule has 6 nitrogen and oxygen atoms in total. The summed E-state index contributed by atoms with van der Waals surface area (Å²) in [7, 11) is -3.73. The van der Waals surface area contributed by atoms with E-state index in [-0.39, 0.29) is 18.0 Å². The molecule has 0 spiro atoms. The van der Waals surface area contributed by atoms with Crippen molar-refractivity contribution < 1.29 is 22.7 Å². The number of carboxylic acids is 1. The summed E-state index contributed by atoms with van der Waals surface area (Å²) in [6.07, 6.45) is 0. The third-order valence-corrected chi connectivity index (χ3v) is 6.63. The number of hydrogen-bond acceptors (Lipinski definition) is 4. The van der Waals surface area contributed by atoms with E-state index in [1.54, 1.807) is 17.0 Å². The smallest absolute Gasteiger partial charge is 0.325 e. The molecule has 0 radical (unpaired) electrons. The Morgan fingerprint density at radius 1 is 1.00 bits per heavy atom. The van der Waals surface area contributed by atoms with Gasteiger partial charge in [0.05, 0.1) is 4.90 Å². The molecular weight excluding hydrogens is 371 g/mol. The summed E-state index contributed by atoms with van der Waals surface area (Å²) in [5.74, 6) is -1.46. The predicted octanol–water partition coefficient (Wildman–Crippen LogP) is 2.27. The van der Waals surface area contributed by atoms with Crippen molar-refractivity contribution >= 4 is 16.0 Å². The van der Waals surface area contributed by atoms with Crippen molar-refractivity contribution in [2.75, 3.05) is 26.2 Å². The highest BCUT2D eigenvalue weighted by Gasteiger charge is 2.34. The van der Waals surface area contributed by atoms with Gasteiger partial charge < -0.3 is 5.11 Å². The lowest BCUT2D eigenvalue weighted by Gasteiger charge is -2.37. The monoisotopic (exact) mass is 392 g/mol. The Morgan fingerprint density at radius 3 is 2.07 bits per heavy atom.